The summed E-state index contributed by atoms with van der Waals surface area (Å²) in [6.45, 7) is 0.500. The molecule has 0 bridgehead atoms. The average molecular weight is 254 g/mol. The van der Waals surface area contributed by atoms with Gasteiger partial charge < -0.3 is 15.5 Å². The predicted octanol–water partition coefficient (Wildman–Crippen LogP) is -0.198. The number of anilines is 1. The van der Waals surface area contributed by atoms with Gasteiger partial charge in [0.1, 0.15) is 5.82 Å². The molecule has 1 amide bonds. The van der Waals surface area contributed by atoms with Crippen molar-refractivity contribution in [3.05, 3.63) is 30.1 Å². The quantitative estimate of drug-likeness (QED) is 0.698. The summed E-state index contributed by atoms with van der Waals surface area (Å²) < 4.78 is 13.3. The molecular weight excluding hydrogens is 239 g/mol. The third-order valence-electron chi connectivity index (χ3n) is 2.85. The lowest BCUT2D eigenvalue weighted by Gasteiger charge is -2.14. The Bertz CT molecular complexity index is 431. The Morgan fingerprint density at radius 1 is 1.33 bits per heavy atom. The monoisotopic (exact) mass is 254 g/mol. The number of aliphatic hydroxyl groups excluding tert-OH is 2. The zero-order valence-corrected chi connectivity index (χ0v) is 9.71. The van der Waals surface area contributed by atoms with Crippen molar-refractivity contribution in [2.45, 2.75) is 12.2 Å². The van der Waals surface area contributed by atoms with Gasteiger partial charge >= 0.3 is 0 Å². The fraction of sp³-hybridized carbons (Fsp3) is 0.417. The molecule has 1 fully saturated rings. The van der Waals surface area contributed by atoms with Crippen LogP contribution in [-0.4, -0.2) is 52.9 Å². The molecule has 1 aliphatic rings. The van der Waals surface area contributed by atoms with Crippen molar-refractivity contribution in [2.24, 2.45) is 0 Å². The van der Waals surface area contributed by atoms with Crippen molar-refractivity contribution in [1.82, 2.24) is 4.90 Å². The summed E-state index contributed by atoms with van der Waals surface area (Å²) in [6, 6.07) is 5.90. The SMILES string of the molecule is O=C(CN1CC(O)C(O)C1)Nc1ccccc1F. The molecule has 5 nitrogen and oxygen atoms in total. The van der Waals surface area contributed by atoms with E-state index in [1.165, 1.54) is 18.2 Å². The molecule has 18 heavy (non-hydrogen) atoms. The highest BCUT2D eigenvalue weighted by atomic mass is 19.1. The minimum absolute atomic E-state index is 0.0163. The summed E-state index contributed by atoms with van der Waals surface area (Å²) in [6.07, 6.45) is -1.66. The van der Waals surface area contributed by atoms with E-state index < -0.39 is 18.0 Å². The fourth-order valence-electron chi connectivity index (χ4n) is 1.93. The van der Waals surface area contributed by atoms with Gasteiger partial charge in [-0.2, -0.15) is 0 Å². The van der Waals surface area contributed by atoms with Gasteiger partial charge in [0.15, 0.2) is 0 Å². The number of nitrogens with one attached hydrogen (secondary N) is 1. The van der Waals surface area contributed by atoms with Gasteiger partial charge in [-0.3, -0.25) is 9.69 Å². The zero-order chi connectivity index (χ0) is 13.1. The number of carbonyl (C=O) groups is 1. The van der Waals surface area contributed by atoms with Gasteiger partial charge in [0.2, 0.25) is 5.91 Å². The first-order valence-electron chi connectivity index (χ1n) is 5.69. The van der Waals surface area contributed by atoms with Crippen LogP contribution in [0.25, 0.3) is 0 Å². The largest absolute Gasteiger partial charge is 0.389 e. The van der Waals surface area contributed by atoms with Crippen molar-refractivity contribution < 1.29 is 19.4 Å². The number of amides is 1. The summed E-state index contributed by atoms with van der Waals surface area (Å²) in [7, 11) is 0. The standard InChI is InChI=1S/C12H15FN2O3/c13-8-3-1-2-4-9(8)14-12(18)7-15-5-10(16)11(17)6-15/h1-4,10-11,16-17H,5-7H2,(H,14,18). The van der Waals surface area contributed by atoms with Crippen molar-refractivity contribution in [3.63, 3.8) is 0 Å². The number of hydrogen-bond donors (Lipinski definition) is 3. The molecule has 1 aromatic rings. The van der Waals surface area contributed by atoms with Gasteiger partial charge in [-0.05, 0) is 12.1 Å². The van der Waals surface area contributed by atoms with Gasteiger partial charge in [-0.15, -0.1) is 0 Å². The van der Waals surface area contributed by atoms with Gasteiger partial charge in [0, 0.05) is 13.1 Å². The number of halogens is 1. The molecule has 0 saturated carbocycles. The summed E-state index contributed by atoms with van der Waals surface area (Å²) in [4.78, 5) is 13.3. The lowest BCUT2D eigenvalue weighted by molar-refractivity contribution is -0.117. The molecule has 3 N–H and O–H groups in total. The molecule has 0 spiro atoms. The van der Waals surface area contributed by atoms with Crippen molar-refractivity contribution in [2.75, 3.05) is 25.0 Å². The van der Waals surface area contributed by atoms with Crippen LogP contribution in [0.3, 0.4) is 0 Å². The molecule has 6 heteroatoms. The van der Waals surface area contributed by atoms with E-state index in [2.05, 4.69) is 5.32 Å². The number of benzene rings is 1. The third kappa shape index (κ3) is 3.04. The molecular formula is C12H15FN2O3. The normalized spacial score (nSPS) is 24.2. The molecule has 2 rings (SSSR count). The average Bonchev–Trinajstić information content (AvgIpc) is 2.61. The van der Waals surface area contributed by atoms with Crippen LogP contribution < -0.4 is 5.32 Å². The molecule has 1 aliphatic heterocycles. The molecule has 1 saturated heterocycles. The van der Waals surface area contributed by atoms with Gasteiger partial charge in [-0.25, -0.2) is 4.39 Å². The predicted molar refractivity (Wildman–Crippen MR) is 63.5 cm³/mol. The lowest BCUT2D eigenvalue weighted by Crippen LogP contribution is -2.32. The zero-order valence-electron chi connectivity index (χ0n) is 9.71. The molecule has 1 aromatic carbocycles. The van der Waals surface area contributed by atoms with Crippen LogP contribution in [0.4, 0.5) is 10.1 Å². The molecule has 1 heterocycles. The number of hydrogen-bond acceptors (Lipinski definition) is 4. The summed E-state index contributed by atoms with van der Waals surface area (Å²) in [5.41, 5.74) is 0.128. The number of rotatable bonds is 3. The van der Waals surface area contributed by atoms with E-state index in [0.29, 0.717) is 0 Å². The number of likely N-dealkylation sites (tertiary alicyclic amines) is 1. The number of para-hydroxylation sites is 1. The van der Waals surface area contributed by atoms with Crippen LogP contribution in [0.5, 0.6) is 0 Å². The van der Waals surface area contributed by atoms with Gasteiger partial charge in [0.05, 0.1) is 24.4 Å². The first kappa shape index (κ1) is 12.9. The number of nitrogens with zero attached hydrogens (tertiary/aromatic N) is 1. The van der Waals surface area contributed by atoms with Crippen LogP contribution in [-0.2, 0) is 4.79 Å². The van der Waals surface area contributed by atoms with Crippen LogP contribution in [0.2, 0.25) is 0 Å². The third-order valence-corrected chi connectivity index (χ3v) is 2.85. The molecule has 0 aromatic heterocycles. The highest BCUT2D eigenvalue weighted by molar-refractivity contribution is 5.92. The molecule has 98 valence electrons. The Hall–Kier alpha value is -1.50. The van der Waals surface area contributed by atoms with Crippen LogP contribution >= 0.6 is 0 Å². The van der Waals surface area contributed by atoms with Crippen molar-refractivity contribution >= 4 is 11.6 Å². The van der Waals surface area contributed by atoms with E-state index >= 15 is 0 Å². The van der Waals surface area contributed by atoms with E-state index in [1.54, 1.807) is 11.0 Å². The number of aliphatic hydroxyl groups is 2. The second-order valence-corrected chi connectivity index (χ2v) is 4.36. The van der Waals surface area contributed by atoms with Gasteiger partial charge in [0.25, 0.3) is 0 Å². The van der Waals surface area contributed by atoms with E-state index in [4.69, 9.17) is 0 Å². The maximum atomic E-state index is 13.3. The summed E-state index contributed by atoms with van der Waals surface area (Å²) >= 11 is 0. The fourth-order valence-corrected chi connectivity index (χ4v) is 1.93. The van der Waals surface area contributed by atoms with Gasteiger partial charge in [-0.1, -0.05) is 12.1 Å². The highest BCUT2D eigenvalue weighted by Gasteiger charge is 2.30. The summed E-state index contributed by atoms with van der Waals surface area (Å²) in [5, 5.41) is 21.1. The first-order valence-corrected chi connectivity index (χ1v) is 5.69. The Balaban J connectivity index is 1.88. The Morgan fingerprint density at radius 2 is 1.94 bits per heavy atom. The molecule has 0 aliphatic carbocycles. The summed E-state index contributed by atoms with van der Waals surface area (Å²) in [5.74, 6) is -0.867. The number of β-amino-alcohol motifs (C(OH)–C–C–N with tert-alkyl or cyclic N) is 2. The number of carbonyl (C=O) groups excluding carboxylic acids is 1. The van der Waals surface area contributed by atoms with Crippen molar-refractivity contribution in [1.29, 1.82) is 0 Å². The Kier molecular flexibility index (Phi) is 3.90. The van der Waals surface area contributed by atoms with E-state index in [-0.39, 0.29) is 31.2 Å². The van der Waals surface area contributed by atoms with E-state index in [9.17, 15) is 19.4 Å². The maximum absolute atomic E-state index is 13.3. The topological polar surface area (TPSA) is 72.8 Å². The lowest BCUT2D eigenvalue weighted by atomic mass is 10.3. The van der Waals surface area contributed by atoms with Crippen LogP contribution in [0.1, 0.15) is 0 Å². The molecule has 2 unspecified atom stereocenters. The Labute approximate surface area is 104 Å². The maximum Gasteiger partial charge on any atom is 0.238 e. The van der Waals surface area contributed by atoms with Crippen LogP contribution in [0, 0.1) is 5.82 Å². The highest BCUT2D eigenvalue weighted by Crippen LogP contribution is 2.13. The Morgan fingerprint density at radius 3 is 2.56 bits per heavy atom. The molecule has 2 atom stereocenters. The van der Waals surface area contributed by atoms with Crippen LogP contribution in [0.15, 0.2) is 24.3 Å². The second-order valence-electron chi connectivity index (χ2n) is 4.36. The van der Waals surface area contributed by atoms with E-state index in [1.807, 2.05) is 0 Å². The first-order chi connectivity index (χ1) is 8.56. The smallest absolute Gasteiger partial charge is 0.238 e. The molecule has 0 radical (unpaired) electrons. The van der Waals surface area contributed by atoms with E-state index in [0.717, 1.165) is 0 Å². The minimum Gasteiger partial charge on any atom is -0.389 e. The van der Waals surface area contributed by atoms with Crippen molar-refractivity contribution in [3.8, 4) is 0 Å². The minimum atomic E-state index is -0.828. The second kappa shape index (κ2) is 5.43.